The van der Waals surface area contributed by atoms with E-state index < -0.39 is 0 Å². The van der Waals surface area contributed by atoms with E-state index in [-0.39, 0.29) is 5.82 Å². The number of aromatic nitrogens is 1. The van der Waals surface area contributed by atoms with Crippen molar-refractivity contribution in [3.8, 4) is 5.75 Å². The van der Waals surface area contributed by atoms with E-state index in [9.17, 15) is 4.39 Å². The first-order chi connectivity index (χ1) is 9.76. The van der Waals surface area contributed by atoms with Crippen LogP contribution in [0, 0.1) is 5.82 Å². The maximum absolute atomic E-state index is 13.1. The fraction of sp³-hybridized carbons (Fsp3) is 0.0625. The van der Waals surface area contributed by atoms with Gasteiger partial charge < -0.3 is 10.1 Å². The molecule has 0 atom stereocenters. The first-order valence-electron chi connectivity index (χ1n) is 6.22. The molecule has 0 unspecified atom stereocenters. The van der Waals surface area contributed by atoms with E-state index in [2.05, 4.69) is 10.3 Å². The maximum Gasteiger partial charge on any atom is 0.131 e. The summed E-state index contributed by atoms with van der Waals surface area (Å²) in [6.45, 7) is 0. The molecular weight excluding hydrogens is 255 g/mol. The number of methoxy groups -OCH3 is 1. The summed E-state index contributed by atoms with van der Waals surface area (Å²) >= 11 is 0. The van der Waals surface area contributed by atoms with Gasteiger partial charge in [-0.3, -0.25) is 0 Å². The summed E-state index contributed by atoms with van der Waals surface area (Å²) in [6, 6.07) is 15.8. The highest BCUT2D eigenvalue weighted by Crippen LogP contribution is 2.26. The molecule has 0 spiro atoms. The van der Waals surface area contributed by atoms with Gasteiger partial charge in [0.15, 0.2) is 0 Å². The fourth-order valence-corrected chi connectivity index (χ4v) is 2.09. The van der Waals surface area contributed by atoms with Crippen molar-refractivity contribution in [2.24, 2.45) is 0 Å². The Morgan fingerprint density at radius 2 is 1.90 bits per heavy atom. The minimum Gasteiger partial charge on any atom is -0.496 e. The zero-order chi connectivity index (χ0) is 13.9. The summed E-state index contributed by atoms with van der Waals surface area (Å²) < 4.78 is 18.4. The molecule has 0 bridgehead atoms. The molecule has 2 aromatic carbocycles. The van der Waals surface area contributed by atoms with Gasteiger partial charge in [0.05, 0.1) is 12.6 Å². The SMILES string of the molecule is COc1cccc2nc(Nc3cccc(F)c3)ccc12. The summed E-state index contributed by atoms with van der Waals surface area (Å²) in [5.41, 5.74) is 1.49. The molecule has 100 valence electrons. The largest absolute Gasteiger partial charge is 0.496 e. The van der Waals surface area contributed by atoms with Gasteiger partial charge in [-0.05, 0) is 42.5 Å². The molecule has 0 saturated heterocycles. The van der Waals surface area contributed by atoms with Crippen LogP contribution in [0.3, 0.4) is 0 Å². The molecule has 0 radical (unpaired) electrons. The van der Waals surface area contributed by atoms with Gasteiger partial charge in [-0.15, -0.1) is 0 Å². The number of nitrogens with one attached hydrogen (secondary N) is 1. The lowest BCUT2D eigenvalue weighted by Crippen LogP contribution is -1.95. The number of pyridine rings is 1. The highest BCUT2D eigenvalue weighted by Gasteiger charge is 2.04. The van der Waals surface area contributed by atoms with Crippen LogP contribution in [0.15, 0.2) is 54.6 Å². The lowest BCUT2D eigenvalue weighted by molar-refractivity contribution is 0.420. The van der Waals surface area contributed by atoms with E-state index >= 15 is 0 Å². The number of anilines is 2. The molecule has 1 heterocycles. The molecule has 3 nitrogen and oxygen atoms in total. The van der Waals surface area contributed by atoms with Crippen molar-refractivity contribution in [1.29, 1.82) is 0 Å². The van der Waals surface area contributed by atoms with Crippen molar-refractivity contribution in [3.05, 3.63) is 60.4 Å². The summed E-state index contributed by atoms with van der Waals surface area (Å²) in [5.74, 6) is 1.17. The van der Waals surface area contributed by atoms with Crippen molar-refractivity contribution < 1.29 is 9.13 Å². The van der Waals surface area contributed by atoms with Crippen LogP contribution in [0.1, 0.15) is 0 Å². The molecule has 0 aliphatic heterocycles. The van der Waals surface area contributed by atoms with Gasteiger partial charge in [0.1, 0.15) is 17.4 Å². The number of ether oxygens (including phenoxy) is 1. The predicted molar refractivity (Wildman–Crippen MR) is 78.0 cm³/mol. The molecule has 3 rings (SSSR count). The summed E-state index contributed by atoms with van der Waals surface area (Å²) in [7, 11) is 1.63. The number of hydrogen-bond acceptors (Lipinski definition) is 3. The number of halogens is 1. The number of fused-ring (bicyclic) bond motifs is 1. The van der Waals surface area contributed by atoms with E-state index in [0.29, 0.717) is 11.5 Å². The number of rotatable bonds is 3. The highest BCUT2D eigenvalue weighted by molar-refractivity contribution is 5.86. The number of nitrogens with zero attached hydrogens (tertiary/aromatic N) is 1. The number of hydrogen-bond donors (Lipinski definition) is 1. The zero-order valence-corrected chi connectivity index (χ0v) is 10.9. The van der Waals surface area contributed by atoms with Crippen molar-refractivity contribution in [2.45, 2.75) is 0 Å². The third-order valence-electron chi connectivity index (χ3n) is 3.01. The van der Waals surface area contributed by atoms with Crippen LogP contribution in [0.4, 0.5) is 15.9 Å². The molecule has 0 saturated carbocycles. The lowest BCUT2D eigenvalue weighted by atomic mass is 10.2. The smallest absolute Gasteiger partial charge is 0.131 e. The van der Waals surface area contributed by atoms with Gasteiger partial charge in [0.25, 0.3) is 0 Å². The Kier molecular flexibility index (Phi) is 3.21. The fourth-order valence-electron chi connectivity index (χ4n) is 2.09. The van der Waals surface area contributed by atoms with Crippen LogP contribution in [-0.4, -0.2) is 12.1 Å². The summed E-state index contributed by atoms with van der Waals surface area (Å²) in [5, 5.41) is 4.03. The molecule has 0 fully saturated rings. The highest BCUT2D eigenvalue weighted by atomic mass is 19.1. The van der Waals surface area contributed by atoms with E-state index in [1.165, 1.54) is 12.1 Å². The van der Waals surface area contributed by atoms with Crippen molar-refractivity contribution in [2.75, 3.05) is 12.4 Å². The first-order valence-corrected chi connectivity index (χ1v) is 6.22. The van der Waals surface area contributed by atoms with Crippen LogP contribution in [0.25, 0.3) is 10.9 Å². The predicted octanol–water partition coefficient (Wildman–Crippen LogP) is 4.13. The monoisotopic (exact) mass is 268 g/mol. The van der Waals surface area contributed by atoms with E-state index in [4.69, 9.17) is 4.74 Å². The Morgan fingerprint density at radius 3 is 2.70 bits per heavy atom. The molecule has 1 aromatic heterocycles. The standard InChI is InChI=1S/C16H13FN2O/c1-20-15-7-3-6-14-13(15)8-9-16(19-14)18-12-5-2-4-11(17)10-12/h2-10H,1H3,(H,18,19). The normalized spacial score (nSPS) is 10.5. The Morgan fingerprint density at radius 1 is 1.05 bits per heavy atom. The molecule has 1 N–H and O–H groups in total. The average Bonchev–Trinajstić information content (AvgIpc) is 2.46. The van der Waals surface area contributed by atoms with Gasteiger partial charge >= 0.3 is 0 Å². The van der Waals surface area contributed by atoms with Crippen LogP contribution >= 0.6 is 0 Å². The van der Waals surface area contributed by atoms with Gasteiger partial charge in [0.2, 0.25) is 0 Å². The number of benzene rings is 2. The minimum atomic E-state index is -0.280. The minimum absolute atomic E-state index is 0.280. The van der Waals surface area contributed by atoms with Crippen LogP contribution in [-0.2, 0) is 0 Å². The second-order valence-corrected chi connectivity index (χ2v) is 4.36. The molecule has 3 aromatic rings. The molecule has 0 aliphatic carbocycles. The lowest BCUT2D eigenvalue weighted by Gasteiger charge is -2.08. The second kappa shape index (κ2) is 5.17. The van der Waals surface area contributed by atoms with E-state index in [0.717, 1.165) is 16.7 Å². The van der Waals surface area contributed by atoms with E-state index in [1.54, 1.807) is 19.2 Å². The Balaban J connectivity index is 1.97. The van der Waals surface area contributed by atoms with Gasteiger partial charge in [-0.25, -0.2) is 9.37 Å². The Hall–Kier alpha value is -2.62. The topological polar surface area (TPSA) is 34.1 Å². The van der Waals surface area contributed by atoms with Crippen LogP contribution < -0.4 is 10.1 Å². The van der Waals surface area contributed by atoms with Crippen molar-refractivity contribution in [1.82, 2.24) is 4.98 Å². The van der Waals surface area contributed by atoms with Crippen LogP contribution in [0.2, 0.25) is 0 Å². The van der Waals surface area contributed by atoms with Crippen LogP contribution in [0.5, 0.6) is 5.75 Å². The molecular formula is C16H13FN2O. The van der Waals surface area contributed by atoms with Gasteiger partial charge in [-0.2, -0.15) is 0 Å². The van der Waals surface area contributed by atoms with Gasteiger partial charge in [0, 0.05) is 11.1 Å². The third kappa shape index (κ3) is 2.40. The third-order valence-corrected chi connectivity index (χ3v) is 3.01. The molecule has 0 amide bonds. The molecule has 20 heavy (non-hydrogen) atoms. The summed E-state index contributed by atoms with van der Waals surface area (Å²) in [6.07, 6.45) is 0. The van der Waals surface area contributed by atoms with E-state index in [1.807, 2.05) is 30.3 Å². The second-order valence-electron chi connectivity index (χ2n) is 4.36. The van der Waals surface area contributed by atoms with Gasteiger partial charge in [-0.1, -0.05) is 12.1 Å². The average molecular weight is 268 g/mol. The van der Waals surface area contributed by atoms with Crippen molar-refractivity contribution in [3.63, 3.8) is 0 Å². The Labute approximate surface area is 116 Å². The maximum atomic E-state index is 13.1. The molecule has 0 aliphatic rings. The van der Waals surface area contributed by atoms with Crippen molar-refractivity contribution >= 4 is 22.4 Å². The first kappa shape index (κ1) is 12.4. The Bertz CT molecular complexity index is 758. The quantitative estimate of drug-likeness (QED) is 0.775. The zero-order valence-electron chi connectivity index (χ0n) is 10.9. The summed E-state index contributed by atoms with van der Waals surface area (Å²) in [4.78, 5) is 4.50. The molecule has 4 heteroatoms.